The van der Waals surface area contributed by atoms with E-state index in [1.165, 1.54) is 0 Å². The lowest BCUT2D eigenvalue weighted by Crippen LogP contribution is -2.16. The van der Waals surface area contributed by atoms with E-state index in [2.05, 4.69) is 0 Å². The van der Waals surface area contributed by atoms with Gasteiger partial charge in [0, 0.05) is 24.3 Å². The van der Waals surface area contributed by atoms with Crippen LogP contribution in [0.4, 0.5) is 22.7 Å². The normalized spacial score (nSPS) is 18.5. The van der Waals surface area contributed by atoms with Gasteiger partial charge >= 0.3 is 0 Å². The smallest absolute Gasteiger partial charge is 0.163 e. The lowest BCUT2D eigenvalue weighted by Gasteiger charge is -2.15. The average Bonchev–Trinajstić information content (AvgIpc) is 2.97. The standard InChI is InChI=1S/C28H44N4O10/c29-21-17-25-26(18-22(21)30)41-15-11-37-7-3-34-4-8-38-12-16-42-28-20-24(32)23(31)19-27(28)40-14-10-36-6-2-33-1-5-35-9-13-39-25/h17-20H,1-16,29-32H2. The third kappa shape index (κ3) is 12.6. The van der Waals surface area contributed by atoms with E-state index in [9.17, 15) is 0 Å². The zero-order chi connectivity index (χ0) is 29.8. The van der Waals surface area contributed by atoms with Gasteiger partial charge in [0.1, 0.15) is 26.4 Å². The number of fused-ring (bicyclic) bond motifs is 2. The highest BCUT2D eigenvalue weighted by Crippen LogP contribution is 2.34. The van der Waals surface area contributed by atoms with Crippen LogP contribution in [-0.2, 0) is 28.4 Å². The Morgan fingerprint density at radius 1 is 0.286 bits per heavy atom. The van der Waals surface area contributed by atoms with Crippen LogP contribution >= 0.6 is 0 Å². The minimum atomic E-state index is 0.298. The van der Waals surface area contributed by atoms with Crippen LogP contribution in [0.2, 0.25) is 0 Å². The van der Waals surface area contributed by atoms with Gasteiger partial charge in [-0.3, -0.25) is 0 Å². The van der Waals surface area contributed by atoms with Crippen LogP contribution in [0.3, 0.4) is 0 Å². The van der Waals surface area contributed by atoms with Gasteiger partial charge in [0.25, 0.3) is 0 Å². The summed E-state index contributed by atoms with van der Waals surface area (Å²) in [5.74, 6) is 1.92. The molecule has 0 atom stereocenters. The monoisotopic (exact) mass is 596 g/mol. The molecule has 236 valence electrons. The summed E-state index contributed by atoms with van der Waals surface area (Å²) in [7, 11) is 0. The number of ether oxygens (including phenoxy) is 10. The molecule has 0 bridgehead atoms. The Bertz CT molecular complexity index is 887. The van der Waals surface area contributed by atoms with E-state index in [0.29, 0.717) is 151 Å². The molecule has 14 heteroatoms. The number of nitrogens with two attached hydrogens (primary N) is 4. The molecule has 2 aromatic rings. The largest absolute Gasteiger partial charge is 0.487 e. The molecule has 0 saturated heterocycles. The number of benzene rings is 2. The van der Waals surface area contributed by atoms with Crippen molar-refractivity contribution in [1.29, 1.82) is 0 Å². The van der Waals surface area contributed by atoms with Gasteiger partial charge in [-0.15, -0.1) is 0 Å². The van der Waals surface area contributed by atoms with Gasteiger partial charge in [0.05, 0.1) is 102 Å². The maximum atomic E-state index is 5.94. The topological polar surface area (TPSA) is 196 Å². The lowest BCUT2D eigenvalue weighted by molar-refractivity contribution is 0.00250. The number of rotatable bonds is 0. The third-order valence-electron chi connectivity index (χ3n) is 5.73. The van der Waals surface area contributed by atoms with Gasteiger partial charge < -0.3 is 70.3 Å². The maximum Gasteiger partial charge on any atom is 0.163 e. The summed E-state index contributed by atoms with van der Waals surface area (Å²) >= 11 is 0. The van der Waals surface area contributed by atoms with Crippen molar-refractivity contribution in [3.63, 3.8) is 0 Å². The third-order valence-corrected chi connectivity index (χ3v) is 5.73. The Kier molecular flexibility index (Phi) is 15.5. The minimum absolute atomic E-state index is 0.298. The molecule has 1 heterocycles. The Hall–Kier alpha value is -3.40. The zero-order valence-corrected chi connectivity index (χ0v) is 24.0. The average molecular weight is 597 g/mol. The fraction of sp³-hybridized carbons (Fsp3) is 0.571. The molecule has 0 radical (unpaired) electrons. The molecule has 0 spiro atoms. The van der Waals surface area contributed by atoms with E-state index in [-0.39, 0.29) is 0 Å². The van der Waals surface area contributed by atoms with E-state index >= 15 is 0 Å². The van der Waals surface area contributed by atoms with Gasteiger partial charge in [-0.05, 0) is 0 Å². The molecule has 3 rings (SSSR count). The van der Waals surface area contributed by atoms with Gasteiger partial charge in [0.2, 0.25) is 0 Å². The SMILES string of the molecule is Nc1cc2c(cc1N)OCCOCCOCCOCCOc1cc(N)c(N)cc1OCCOCCOCCOCCO2. The lowest BCUT2D eigenvalue weighted by atomic mass is 10.2. The van der Waals surface area contributed by atoms with E-state index in [1.807, 2.05) is 0 Å². The minimum Gasteiger partial charge on any atom is -0.487 e. The molecule has 0 unspecified atom stereocenters. The first-order valence-electron chi connectivity index (χ1n) is 13.9. The highest BCUT2D eigenvalue weighted by molar-refractivity contribution is 5.70. The molecule has 1 aliphatic rings. The molecule has 0 fully saturated rings. The second-order valence-electron chi connectivity index (χ2n) is 8.92. The fourth-order valence-corrected chi connectivity index (χ4v) is 3.56. The predicted molar refractivity (Wildman–Crippen MR) is 157 cm³/mol. The first-order chi connectivity index (χ1) is 20.5. The molecule has 0 amide bonds. The van der Waals surface area contributed by atoms with E-state index in [0.717, 1.165) is 0 Å². The van der Waals surface area contributed by atoms with Crippen LogP contribution in [0.1, 0.15) is 0 Å². The number of anilines is 4. The van der Waals surface area contributed by atoms with Crippen LogP contribution in [0.15, 0.2) is 24.3 Å². The predicted octanol–water partition coefficient (Wildman–Crippen LogP) is 1.34. The highest BCUT2D eigenvalue weighted by atomic mass is 16.6. The summed E-state index contributed by atoms with van der Waals surface area (Å²) in [5.41, 5.74) is 25.4. The Balaban J connectivity index is 1.44. The molecule has 42 heavy (non-hydrogen) atoms. The molecule has 0 aliphatic carbocycles. The van der Waals surface area contributed by atoms with Crippen molar-refractivity contribution < 1.29 is 47.4 Å². The number of nitrogen functional groups attached to an aromatic ring is 4. The summed E-state index contributed by atoms with van der Waals surface area (Å²) in [5, 5.41) is 0. The first-order valence-corrected chi connectivity index (χ1v) is 13.9. The number of hydrogen-bond donors (Lipinski definition) is 4. The molecule has 0 aromatic heterocycles. The van der Waals surface area contributed by atoms with Gasteiger partial charge in [-0.2, -0.15) is 0 Å². The van der Waals surface area contributed by atoms with Crippen molar-refractivity contribution in [2.45, 2.75) is 0 Å². The van der Waals surface area contributed by atoms with Gasteiger partial charge in [-0.25, -0.2) is 0 Å². The molecule has 14 nitrogen and oxygen atoms in total. The van der Waals surface area contributed by atoms with Gasteiger partial charge in [-0.1, -0.05) is 0 Å². The van der Waals surface area contributed by atoms with Crippen molar-refractivity contribution in [2.24, 2.45) is 0 Å². The second kappa shape index (κ2) is 19.7. The van der Waals surface area contributed by atoms with Crippen LogP contribution in [0, 0.1) is 0 Å². The molecule has 1 aliphatic heterocycles. The van der Waals surface area contributed by atoms with Crippen LogP contribution in [0.25, 0.3) is 0 Å². The van der Waals surface area contributed by atoms with Crippen molar-refractivity contribution in [3.05, 3.63) is 24.3 Å². The Labute approximate surface area is 246 Å². The van der Waals surface area contributed by atoms with E-state index in [4.69, 9.17) is 70.3 Å². The van der Waals surface area contributed by atoms with E-state index in [1.54, 1.807) is 24.3 Å². The quantitative estimate of drug-likeness (QED) is 0.318. The molecule has 8 N–H and O–H groups in total. The first kappa shape index (κ1) is 33.1. The van der Waals surface area contributed by atoms with Crippen molar-refractivity contribution in [2.75, 3.05) is 129 Å². The van der Waals surface area contributed by atoms with Crippen molar-refractivity contribution in [1.82, 2.24) is 0 Å². The van der Waals surface area contributed by atoms with Crippen LogP contribution < -0.4 is 41.9 Å². The summed E-state index contributed by atoms with van der Waals surface area (Å²) in [6, 6.07) is 6.53. The van der Waals surface area contributed by atoms with Crippen molar-refractivity contribution >= 4 is 22.7 Å². The molecule has 2 aromatic carbocycles. The number of hydrogen-bond acceptors (Lipinski definition) is 14. The maximum absolute atomic E-state index is 5.94. The summed E-state index contributed by atoms with van der Waals surface area (Å²) in [4.78, 5) is 0. The molecule has 0 saturated carbocycles. The van der Waals surface area contributed by atoms with Crippen LogP contribution in [-0.4, -0.2) is 106 Å². The highest BCUT2D eigenvalue weighted by Gasteiger charge is 2.11. The summed E-state index contributed by atoms with van der Waals surface area (Å²) in [6.45, 7) is 5.94. The summed E-state index contributed by atoms with van der Waals surface area (Å²) < 4.78 is 56.6. The van der Waals surface area contributed by atoms with Crippen LogP contribution in [0.5, 0.6) is 23.0 Å². The van der Waals surface area contributed by atoms with Gasteiger partial charge in [0.15, 0.2) is 23.0 Å². The Morgan fingerprint density at radius 2 is 0.452 bits per heavy atom. The fourth-order valence-electron chi connectivity index (χ4n) is 3.56. The summed E-state index contributed by atoms with van der Waals surface area (Å²) in [6.07, 6.45) is 0. The molecular weight excluding hydrogens is 552 g/mol. The zero-order valence-electron chi connectivity index (χ0n) is 24.0. The Morgan fingerprint density at radius 3 is 0.643 bits per heavy atom. The molecular formula is C28H44N4O10. The van der Waals surface area contributed by atoms with E-state index < -0.39 is 0 Å². The van der Waals surface area contributed by atoms with Crippen molar-refractivity contribution in [3.8, 4) is 23.0 Å². The second-order valence-corrected chi connectivity index (χ2v) is 8.92.